The van der Waals surface area contributed by atoms with Gasteiger partial charge in [0.05, 0.1) is 0 Å². The first-order valence-electron chi connectivity index (χ1n) is 3.50. The summed E-state index contributed by atoms with van der Waals surface area (Å²) < 4.78 is 0. The summed E-state index contributed by atoms with van der Waals surface area (Å²) in [4.78, 5) is 3.80. The monoisotopic (exact) mass is 156 g/mol. The van der Waals surface area contributed by atoms with Gasteiger partial charge in [0.15, 0.2) is 5.96 Å². The van der Waals surface area contributed by atoms with Gasteiger partial charge in [-0.25, -0.2) is 0 Å². The minimum atomic E-state index is -0.00176. The predicted molar refractivity (Wildman–Crippen MR) is 48.1 cm³/mol. The van der Waals surface area contributed by atoms with E-state index in [9.17, 15) is 0 Å². The molecule has 0 saturated carbocycles. The molecule has 0 aromatic heterocycles. The van der Waals surface area contributed by atoms with E-state index in [0.29, 0.717) is 6.54 Å². The zero-order chi connectivity index (χ0) is 8.85. The van der Waals surface area contributed by atoms with E-state index in [1.165, 1.54) is 0 Å². The van der Waals surface area contributed by atoms with Gasteiger partial charge in [-0.05, 0) is 13.3 Å². The van der Waals surface area contributed by atoms with E-state index in [2.05, 4.69) is 11.6 Å². The van der Waals surface area contributed by atoms with Gasteiger partial charge < -0.3 is 17.2 Å². The van der Waals surface area contributed by atoms with E-state index in [1.807, 2.05) is 6.92 Å². The molecule has 1 atom stereocenters. The Hall–Kier alpha value is -1.03. The lowest BCUT2D eigenvalue weighted by Gasteiger charge is -2.08. The van der Waals surface area contributed by atoms with Crippen LogP contribution in [0.1, 0.15) is 13.3 Å². The summed E-state index contributed by atoms with van der Waals surface area (Å²) in [5.41, 5.74) is 16.8. The van der Waals surface area contributed by atoms with Crippen LogP contribution < -0.4 is 17.2 Å². The minimum Gasteiger partial charge on any atom is -0.370 e. The van der Waals surface area contributed by atoms with Crippen molar-refractivity contribution in [3.05, 3.63) is 12.2 Å². The fourth-order valence-electron chi connectivity index (χ4n) is 0.579. The first-order chi connectivity index (χ1) is 5.04. The number of nitrogens with two attached hydrogens (primary N) is 3. The summed E-state index contributed by atoms with van der Waals surface area (Å²) >= 11 is 0. The fourth-order valence-corrected chi connectivity index (χ4v) is 0.579. The Morgan fingerprint density at radius 1 is 1.55 bits per heavy atom. The number of hydrogen-bond acceptors (Lipinski definition) is 2. The van der Waals surface area contributed by atoms with E-state index in [0.717, 1.165) is 12.0 Å². The van der Waals surface area contributed by atoms with Crippen molar-refractivity contribution in [3.63, 3.8) is 0 Å². The van der Waals surface area contributed by atoms with Crippen LogP contribution in [0.5, 0.6) is 0 Å². The van der Waals surface area contributed by atoms with Crippen molar-refractivity contribution in [2.75, 3.05) is 6.54 Å². The van der Waals surface area contributed by atoms with Crippen LogP contribution in [0.15, 0.2) is 17.1 Å². The maximum absolute atomic E-state index is 5.65. The highest BCUT2D eigenvalue weighted by atomic mass is 15.0. The Balaban J connectivity index is 3.55. The molecule has 4 nitrogen and oxygen atoms in total. The molecule has 64 valence electrons. The van der Waals surface area contributed by atoms with Crippen molar-refractivity contribution in [3.8, 4) is 0 Å². The summed E-state index contributed by atoms with van der Waals surface area (Å²) in [6, 6.07) is -0.00176. The summed E-state index contributed by atoms with van der Waals surface area (Å²) in [6.07, 6.45) is 0.743. The van der Waals surface area contributed by atoms with E-state index >= 15 is 0 Å². The molecular weight excluding hydrogens is 140 g/mol. The van der Waals surface area contributed by atoms with Crippen LogP contribution in [0.25, 0.3) is 0 Å². The van der Waals surface area contributed by atoms with Gasteiger partial charge in [0.1, 0.15) is 0 Å². The van der Waals surface area contributed by atoms with Crippen LogP contribution in [-0.4, -0.2) is 18.5 Å². The highest BCUT2D eigenvalue weighted by molar-refractivity contribution is 5.75. The van der Waals surface area contributed by atoms with Crippen molar-refractivity contribution in [2.24, 2.45) is 22.2 Å². The molecule has 0 saturated heterocycles. The Labute approximate surface area is 67.2 Å². The van der Waals surface area contributed by atoms with Gasteiger partial charge >= 0.3 is 0 Å². The maximum atomic E-state index is 5.65. The maximum Gasteiger partial charge on any atom is 0.185 e. The topological polar surface area (TPSA) is 90.4 Å². The minimum absolute atomic E-state index is 0.00176. The van der Waals surface area contributed by atoms with Crippen molar-refractivity contribution < 1.29 is 0 Å². The molecule has 0 aromatic rings. The largest absolute Gasteiger partial charge is 0.370 e. The number of aliphatic imine (C=N–C) groups is 1. The van der Waals surface area contributed by atoms with Gasteiger partial charge in [-0.15, -0.1) is 0 Å². The van der Waals surface area contributed by atoms with Crippen LogP contribution in [-0.2, 0) is 0 Å². The third-order valence-corrected chi connectivity index (χ3v) is 1.37. The van der Waals surface area contributed by atoms with Crippen molar-refractivity contribution in [1.29, 1.82) is 0 Å². The van der Waals surface area contributed by atoms with Gasteiger partial charge in [0.25, 0.3) is 0 Å². The lowest BCUT2D eigenvalue weighted by molar-refractivity contribution is 0.700. The highest BCUT2D eigenvalue weighted by Gasteiger charge is 2.00. The summed E-state index contributed by atoms with van der Waals surface area (Å²) in [5.74, 6) is 0.110. The van der Waals surface area contributed by atoms with Crippen LogP contribution >= 0.6 is 0 Å². The normalized spacial score (nSPS) is 12.2. The second-order valence-corrected chi connectivity index (χ2v) is 2.55. The molecule has 0 spiro atoms. The molecule has 0 aliphatic carbocycles. The quantitative estimate of drug-likeness (QED) is 0.292. The van der Waals surface area contributed by atoms with E-state index in [4.69, 9.17) is 17.2 Å². The molecule has 0 fully saturated rings. The van der Waals surface area contributed by atoms with Gasteiger partial charge in [0.2, 0.25) is 0 Å². The fraction of sp³-hybridized carbons (Fsp3) is 0.571. The molecule has 0 bridgehead atoms. The zero-order valence-corrected chi connectivity index (χ0v) is 6.88. The van der Waals surface area contributed by atoms with Gasteiger partial charge in [0, 0.05) is 12.6 Å². The summed E-state index contributed by atoms with van der Waals surface area (Å²) in [6.45, 7) is 6.17. The summed E-state index contributed by atoms with van der Waals surface area (Å²) in [5, 5.41) is 0. The first-order valence-corrected chi connectivity index (χ1v) is 3.50. The molecule has 0 rings (SSSR count). The van der Waals surface area contributed by atoms with Crippen LogP contribution in [0.2, 0.25) is 0 Å². The molecule has 6 N–H and O–H groups in total. The molecule has 1 unspecified atom stereocenters. The molecule has 0 amide bonds. The van der Waals surface area contributed by atoms with Gasteiger partial charge in [-0.1, -0.05) is 12.2 Å². The van der Waals surface area contributed by atoms with Crippen LogP contribution in [0.4, 0.5) is 0 Å². The first kappa shape index (κ1) is 9.97. The molecular formula is C7H16N4. The van der Waals surface area contributed by atoms with E-state index in [1.54, 1.807) is 0 Å². The van der Waals surface area contributed by atoms with Crippen molar-refractivity contribution in [2.45, 2.75) is 19.4 Å². The average molecular weight is 156 g/mol. The summed E-state index contributed by atoms with van der Waals surface area (Å²) in [7, 11) is 0. The SMILES string of the molecule is C=C(C)C(N)CCN=C(N)N. The Morgan fingerprint density at radius 3 is 2.45 bits per heavy atom. The molecule has 0 radical (unpaired) electrons. The third-order valence-electron chi connectivity index (χ3n) is 1.37. The lowest BCUT2D eigenvalue weighted by Crippen LogP contribution is -2.25. The number of rotatable bonds is 4. The molecule has 0 aliphatic heterocycles. The smallest absolute Gasteiger partial charge is 0.185 e. The molecule has 11 heavy (non-hydrogen) atoms. The van der Waals surface area contributed by atoms with Crippen molar-refractivity contribution >= 4 is 5.96 Å². The zero-order valence-electron chi connectivity index (χ0n) is 6.88. The second-order valence-electron chi connectivity index (χ2n) is 2.55. The van der Waals surface area contributed by atoms with E-state index in [-0.39, 0.29) is 12.0 Å². The number of hydrogen-bond donors (Lipinski definition) is 3. The van der Waals surface area contributed by atoms with E-state index < -0.39 is 0 Å². The molecule has 4 heteroatoms. The lowest BCUT2D eigenvalue weighted by atomic mass is 10.1. The van der Waals surface area contributed by atoms with Crippen molar-refractivity contribution in [1.82, 2.24) is 0 Å². The molecule has 0 aromatic carbocycles. The van der Waals surface area contributed by atoms with Crippen LogP contribution in [0.3, 0.4) is 0 Å². The standard InChI is InChI=1S/C7H16N4/c1-5(2)6(8)3-4-11-7(9)10/h6H,1,3-4,8H2,2H3,(H4,9,10,11). The second kappa shape index (κ2) is 4.73. The number of nitrogens with zero attached hydrogens (tertiary/aromatic N) is 1. The predicted octanol–water partition coefficient (Wildman–Crippen LogP) is -0.447. The van der Waals surface area contributed by atoms with Gasteiger partial charge in [-0.2, -0.15) is 0 Å². The van der Waals surface area contributed by atoms with Gasteiger partial charge in [-0.3, -0.25) is 4.99 Å². The highest BCUT2D eigenvalue weighted by Crippen LogP contribution is 1.98. The molecule has 0 heterocycles. The Kier molecular flexibility index (Phi) is 4.29. The average Bonchev–Trinajstić information content (AvgIpc) is 1.86. The molecule has 0 aliphatic rings. The Bertz CT molecular complexity index is 158. The number of guanidine groups is 1. The van der Waals surface area contributed by atoms with Crippen LogP contribution in [0, 0.1) is 0 Å². The third kappa shape index (κ3) is 5.42. The Morgan fingerprint density at radius 2 is 2.09 bits per heavy atom.